The monoisotopic (exact) mass is 572 g/mol. The molecule has 0 fully saturated rings. The molecule has 0 radical (unpaired) electrons. The number of benzene rings is 3. The average Bonchev–Trinajstić information content (AvgIpc) is 2.99. The molecule has 1 aromatic heterocycles. The molecule has 1 heterocycles. The van der Waals surface area contributed by atoms with Gasteiger partial charge < -0.3 is 21.3 Å². The van der Waals surface area contributed by atoms with Crippen molar-refractivity contribution >= 4 is 23.4 Å². The smallest absolute Gasteiger partial charge is 0.230 e. The van der Waals surface area contributed by atoms with Gasteiger partial charge in [-0.3, -0.25) is 4.79 Å². The third-order valence-corrected chi connectivity index (χ3v) is 7.10. The van der Waals surface area contributed by atoms with E-state index in [9.17, 15) is 13.6 Å². The molecule has 9 heteroatoms. The third kappa shape index (κ3) is 7.67. The van der Waals surface area contributed by atoms with Crippen LogP contribution in [0, 0.1) is 12.7 Å². The molecule has 7 nitrogen and oxygen atoms in total. The molecule has 0 saturated heterocycles. The van der Waals surface area contributed by atoms with Gasteiger partial charge in [-0.2, -0.15) is 4.98 Å². The van der Waals surface area contributed by atoms with Crippen molar-refractivity contribution in [3.05, 3.63) is 101 Å². The van der Waals surface area contributed by atoms with Crippen molar-refractivity contribution in [3.8, 4) is 11.1 Å². The Morgan fingerprint density at radius 3 is 2.45 bits per heavy atom. The first kappa shape index (κ1) is 30.6. The number of alkyl halides is 1. The van der Waals surface area contributed by atoms with E-state index in [0.29, 0.717) is 11.5 Å². The molecule has 0 aliphatic rings. The number of amides is 1. The summed E-state index contributed by atoms with van der Waals surface area (Å²) in [5.74, 6) is 0.335. The Morgan fingerprint density at radius 2 is 1.74 bits per heavy atom. The highest BCUT2D eigenvalue weighted by Crippen LogP contribution is 2.29. The molecule has 0 aliphatic carbocycles. The maximum absolute atomic E-state index is 14.5. The Kier molecular flexibility index (Phi) is 10.2. The van der Waals surface area contributed by atoms with E-state index in [-0.39, 0.29) is 18.0 Å². The van der Waals surface area contributed by atoms with Crippen molar-refractivity contribution in [3.63, 3.8) is 0 Å². The van der Waals surface area contributed by atoms with Crippen LogP contribution >= 0.6 is 0 Å². The fourth-order valence-corrected chi connectivity index (χ4v) is 4.57. The van der Waals surface area contributed by atoms with Crippen molar-refractivity contribution in [2.24, 2.45) is 0 Å². The number of aryl methyl sites for hydroxylation is 1. The second kappa shape index (κ2) is 14.0. The van der Waals surface area contributed by atoms with Crippen LogP contribution in [0.3, 0.4) is 0 Å². The van der Waals surface area contributed by atoms with E-state index in [2.05, 4.69) is 26.3 Å². The number of anilines is 3. The van der Waals surface area contributed by atoms with Gasteiger partial charge >= 0.3 is 0 Å². The van der Waals surface area contributed by atoms with E-state index in [1.54, 1.807) is 20.0 Å². The Labute approximate surface area is 246 Å². The summed E-state index contributed by atoms with van der Waals surface area (Å²) < 4.78 is 27.7. The van der Waals surface area contributed by atoms with Gasteiger partial charge in [-0.1, -0.05) is 42.5 Å². The van der Waals surface area contributed by atoms with Gasteiger partial charge in [0.1, 0.15) is 18.3 Å². The number of nitrogens with one attached hydrogen (secondary N) is 4. The van der Waals surface area contributed by atoms with E-state index in [1.807, 2.05) is 62.5 Å². The van der Waals surface area contributed by atoms with Gasteiger partial charge in [0, 0.05) is 36.1 Å². The number of hydrogen-bond acceptors (Lipinski definition) is 6. The minimum atomic E-state index is -1.17. The van der Waals surface area contributed by atoms with Gasteiger partial charge in [-0.05, 0) is 87.3 Å². The molecule has 4 aromatic rings. The topological polar surface area (TPSA) is 91.0 Å². The van der Waals surface area contributed by atoms with Gasteiger partial charge in [-0.15, -0.1) is 0 Å². The Bertz CT molecular complexity index is 1510. The molecule has 42 heavy (non-hydrogen) atoms. The number of rotatable bonds is 13. The SMILES string of the molecule is CNCCCNc1nc(Nc2cccc(C)c2)ncc1-c1ccc(CNC(=O)C(C)(C)c2cc(CF)ccc2F)cc1. The van der Waals surface area contributed by atoms with Crippen LogP contribution in [0.25, 0.3) is 11.1 Å². The van der Waals surface area contributed by atoms with E-state index < -0.39 is 17.9 Å². The average molecular weight is 573 g/mol. The van der Waals surface area contributed by atoms with Gasteiger partial charge in [0.2, 0.25) is 11.9 Å². The molecule has 0 aliphatic heterocycles. The highest BCUT2D eigenvalue weighted by atomic mass is 19.1. The maximum Gasteiger partial charge on any atom is 0.230 e. The number of carbonyl (C=O) groups is 1. The summed E-state index contributed by atoms with van der Waals surface area (Å²) in [6.07, 6.45) is 2.72. The fourth-order valence-electron chi connectivity index (χ4n) is 4.57. The molecule has 4 rings (SSSR count). The van der Waals surface area contributed by atoms with E-state index in [4.69, 9.17) is 4.98 Å². The normalized spacial score (nSPS) is 11.3. The van der Waals surface area contributed by atoms with Crippen LogP contribution in [0.4, 0.5) is 26.2 Å². The minimum absolute atomic E-state index is 0.167. The van der Waals surface area contributed by atoms with Gasteiger partial charge in [0.15, 0.2) is 0 Å². The largest absolute Gasteiger partial charge is 0.369 e. The van der Waals surface area contributed by atoms with Crippen LogP contribution in [0.5, 0.6) is 0 Å². The Balaban J connectivity index is 1.48. The standard InChI is InChI=1S/C33H38F2N6O/c1-22-7-5-8-26(17-22)40-32-39-21-27(30(41-32)37-16-6-15-36-4)25-12-9-23(10-13-25)20-38-31(42)33(2,3)28-18-24(19-34)11-14-29(28)35/h5,7-14,17-18,21,36H,6,15-16,19-20H2,1-4H3,(H,38,42)(H2,37,39,40,41). The Hall–Kier alpha value is -4.37. The zero-order valence-electron chi connectivity index (χ0n) is 24.5. The predicted molar refractivity (Wildman–Crippen MR) is 165 cm³/mol. The first-order valence-electron chi connectivity index (χ1n) is 14.0. The number of carbonyl (C=O) groups excluding carboxylic acids is 1. The molecule has 220 valence electrons. The summed E-state index contributed by atoms with van der Waals surface area (Å²) in [6.45, 7) is 6.46. The zero-order valence-corrected chi connectivity index (χ0v) is 24.5. The van der Waals surface area contributed by atoms with Crippen LogP contribution in [0.2, 0.25) is 0 Å². The van der Waals surface area contributed by atoms with Crippen LogP contribution < -0.4 is 21.3 Å². The lowest BCUT2D eigenvalue weighted by atomic mass is 9.82. The molecular weight excluding hydrogens is 534 g/mol. The van der Waals surface area contributed by atoms with Gasteiger partial charge in [0.05, 0.1) is 5.41 Å². The summed E-state index contributed by atoms with van der Waals surface area (Å²) in [4.78, 5) is 22.4. The molecule has 0 atom stereocenters. The van der Waals surface area contributed by atoms with E-state index in [1.165, 1.54) is 18.2 Å². The second-order valence-electron chi connectivity index (χ2n) is 10.8. The number of aromatic nitrogens is 2. The zero-order chi connectivity index (χ0) is 30.1. The summed E-state index contributed by atoms with van der Waals surface area (Å²) in [7, 11) is 1.92. The minimum Gasteiger partial charge on any atom is -0.369 e. The summed E-state index contributed by atoms with van der Waals surface area (Å²) in [6, 6.07) is 19.8. The predicted octanol–water partition coefficient (Wildman–Crippen LogP) is 6.42. The second-order valence-corrected chi connectivity index (χ2v) is 10.8. The molecule has 0 unspecified atom stereocenters. The molecule has 4 N–H and O–H groups in total. The van der Waals surface area contributed by atoms with Crippen LogP contribution in [-0.2, 0) is 23.4 Å². The van der Waals surface area contributed by atoms with Gasteiger partial charge in [-0.25, -0.2) is 13.8 Å². The Morgan fingerprint density at radius 1 is 0.976 bits per heavy atom. The summed E-state index contributed by atoms with van der Waals surface area (Å²) in [5, 5.41) is 12.8. The van der Waals surface area contributed by atoms with Crippen LogP contribution in [0.1, 0.15) is 42.5 Å². The van der Waals surface area contributed by atoms with Crippen molar-refractivity contribution in [1.29, 1.82) is 0 Å². The van der Waals surface area contributed by atoms with Crippen molar-refractivity contribution in [2.45, 2.75) is 45.8 Å². The highest BCUT2D eigenvalue weighted by Gasteiger charge is 2.32. The number of hydrogen-bond donors (Lipinski definition) is 4. The highest BCUT2D eigenvalue weighted by molar-refractivity contribution is 5.87. The van der Waals surface area contributed by atoms with Crippen molar-refractivity contribution in [1.82, 2.24) is 20.6 Å². The third-order valence-electron chi connectivity index (χ3n) is 7.10. The summed E-state index contributed by atoms with van der Waals surface area (Å²) >= 11 is 0. The molecule has 3 aromatic carbocycles. The van der Waals surface area contributed by atoms with Crippen molar-refractivity contribution in [2.75, 3.05) is 30.8 Å². The molecule has 1 amide bonds. The quantitative estimate of drug-likeness (QED) is 0.138. The number of nitrogens with zero attached hydrogens (tertiary/aromatic N) is 2. The van der Waals surface area contributed by atoms with Crippen LogP contribution in [0.15, 0.2) is 72.9 Å². The summed E-state index contributed by atoms with van der Waals surface area (Å²) in [5.41, 5.74) is 4.04. The van der Waals surface area contributed by atoms with Gasteiger partial charge in [0.25, 0.3) is 0 Å². The molecule has 0 spiro atoms. The fraction of sp³-hybridized carbons (Fsp3) is 0.303. The first-order valence-corrected chi connectivity index (χ1v) is 14.0. The van der Waals surface area contributed by atoms with Crippen LogP contribution in [-0.4, -0.2) is 36.0 Å². The lowest BCUT2D eigenvalue weighted by Gasteiger charge is -2.25. The molecular formula is C33H38F2N6O. The lowest BCUT2D eigenvalue weighted by molar-refractivity contribution is -0.125. The number of halogens is 2. The maximum atomic E-state index is 14.5. The molecule has 0 saturated carbocycles. The lowest BCUT2D eigenvalue weighted by Crippen LogP contribution is -2.40. The van der Waals surface area contributed by atoms with Crippen molar-refractivity contribution < 1.29 is 13.6 Å². The van der Waals surface area contributed by atoms with E-state index >= 15 is 0 Å². The van der Waals surface area contributed by atoms with E-state index in [0.717, 1.165) is 53.3 Å². The molecule has 0 bridgehead atoms. The first-order chi connectivity index (χ1) is 20.2.